The first kappa shape index (κ1) is 9.63. The van der Waals surface area contributed by atoms with Gasteiger partial charge in [-0.25, -0.2) is 8.78 Å². The SMILES string of the molecule is CC(C)c1cccc2c1C(F)(F)CC2. The van der Waals surface area contributed by atoms with Gasteiger partial charge in [0.05, 0.1) is 0 Å². The van der Waals surface area contributed by atoms with Crippen molar-refractivity contribution in [3.8, 4) is 0 Å². The summed E-state index contributed by atoms with van der Waals surface area (Å²) in [5, 5.41) is 0. The van der Waals surface area contributed by atoms with E-state index in [2.05, 4.69) is 0 Å². The lowest BCUT2D eigenvalue weighted by Crippen LogP contribution is -2.11. The molecule has 0 nitrogen and oxygen atoms in total. The number of hydrogen-bond donors (Lipinski definition) is 0. The van der Waals surface area contributed by atoms with Gasteiger partial charge >= 0.3 is 0 Å². The summed E-state index contributed by atoms with van der Waals surface area (Å²) in [5.41, 5.74) is 1.95. The highest BCUT2D eigenvalue weighted by Crippen LogP contribution is 2.44. The minimum Gasteiger partial charge on any atom is -0.201 e. The molecule has 0 radical (unpaired) electrons. The molecule has 2 heteroatoms. The monoisotopic (exact) mass is 196 g/mol. The summed E-state index contributed by atoms with van der Waals surface area (Å²) in [4.78, 5) is 0. The highest BCUT2D eigenvalue weighted by atomic mass is 19.3. The molecule has 0 aliphatic heterocycles. The lowest BCUT2D eigenvalue weighted by atomic mass is 9.93. The molecule has 76 valence electrons. The molecule has 1 aliphatic carbocycles. The Morgan fingerprint density at radius 3 is 2.64 bits per heavy atom. The number of fused-ring (bicyclic) bond motifs is 1. The maximum atomic E-state index is 13.6. The molecule has 2 rings (SSSR count). The van der Waals surface area contributed by atoms with Crippen LogP contribution in [0.1, 0.15) is 42.9 Å². The van der Waals surface area contributed by atoms with Crippen molar-refractivity contribution in [2.24, 2.45) is 0 Å². The fourth-order valence-corrected chi connectivity index (χ4v) is 2.17. The van der Waals surface area contributed by atoms with Crippen LogP contribution in [0.2, 0.25) is 0 Å². The lowest BCUT2D eigenvalue weighted by Gasteiger charge is -2.17. The highest BCUT2D eigenvalue weighted by molar-refractivity contribution is 5.43. The predicted octanol–water partition coefficient (Wildman–Crippen LogP) is 3.85. The highest BCUT2D eigenvalue weighted by Gasteiger charge is 2.41. The molecule has 1 aliphatic rings. The zero-order chi connectivity index (χ0) is 10.3. The molecule has 1 aromatic rings. The molecule has 0 heterocycles. The zero-order valence-corrected chi connectivity index (χ0v) is 8.48. The van der Waals surface area contributed by atoms with Crippen LogP contribution in [0.4, 0.5) is 8.78 Å². The molecule has 0 saturated heterocycles. The van der Waals surface area contributed by atoms with E-state index in [1.807, 2.05) is 32.0 Å². The smallest absolute Gasteiger partial charge is 0.201 e. The van der Waals surface area contributed by atoms with Gasteiger partial charge in [-0.15, -0.1) is 0 Å². The standard InChI is InChI=1S/C12H14F2/c1-8(2)10-5-3-4-9-6-7-12(13,14)11(9)10/h3-5,8H,6-7H2,1-2H3. The Morgan fingerprint density at radius 1 is 1.29 bits per heavy atom. The van der Waals surface area contributed by atoms with E-state index in [0.29, 0.717) is 12.0 Å². The second-order valence-corrected chi connectivity index (χ2v) is 4.24. The molecule has 0 amide bonds. The number of alkyl halides is 2. The Hall–Kier alpha value is -0.920. The van der Waals surface area contributed by atoms with Gasteiger partial charge in [0.25, 0.3) is 5.92 Å². The van der Waals surface area contributed by atoms with Crippen LogP contribution in [-0.2, 0) is 12.3 Å². The number of hydrogen-bond acceptors (Lipinski definition) is 0. The van der Waals surface area contributed by atoms with Gasteiger partial charge in [-0.2, -0.15) is 0 Å². The maximum Gasteiger partial charge on any atom is 0.274 e. The molecular formula is C12H14F2. The van der Waals surface area contributed by atoms with Crippen molar-refractivity contribution in [1.29, 1.82) is 0 Å². The Kier molecular flexibility index (Phi) is 2.09. The van der Waals surface area contributed by atoms with Crippen molar-refractivity contribution in [3.63, 3.8) is 0 Å². The van der Waals surface area contributed by atoms with Gasteiger partial charge in [0.2, 0.25) is 0 Å². The molecule has 14 heavy (non-hydrogen) atoms. The topological polar surface area (TPSA) is 0 Å². The fourth-order valence-electron chi connectivity index (χ4n) is 2.17. The molecule has 0 saturated carbocycles. The Balaban J connectivity index is 2.60. The molecular weight excluding hydrogens is 182 g/mol. The van der Waals surface area contributed by atoms with Gasteiger partial charge in [-0.05, 0) is 23.5 Å². The second kappa shape index (κ2) is 3.04. The first-order valence-electron chi connectivity index (χ1n) is 5.02. The van der Waals surface area contributed by atoms with Gasteiger partial charge in [-0.3, -0.25) is 0 Å². The van der Waals surface area contributed by atoms with Crippen LogP contribution in [0.25, 0.3) is 0 Å². The molecule has 0 fully saturated rings. The Morgan fingerprint density at radius 2 is 2.00 bits per heavy atom. The second-order valence-electron chi connectivity index (χ2n) is 4.24. The largest absolute Gasteiger partial charge is 0.274 e. The molecule has 0 atom stereocenters. The number of halogens is 2. The lowest BCUT2D eigenvalue weighted by molar-refractivity contribution is -0.00283. The third-order valence-electron chi connectivity index (χ3n) is 2.88. The van der Waals surface area contributed by atoms with Crippen molar-refractivity contribution in [3.05, 3.63) is 34.9 Å². The average Bonchev–Trinajstić information content (AvgIpc) is 2.43. The fraction of sp³-hybridized carbons (Fsp3) is 0.500. The van der Waals surface area contributed by atoms with E-state index in [9.17, 15) is 8.78 Å². The third-order valence-corrected chi connectivity index (χ3v) is 2.88. The Labute approximate surface area is 82.9 Å². The average molecular weight is 196 g/mol. The van der Waals surface area contributed by atoms with Crippen LogP contribution in [0.5, 0.6) is 0 Å². The zero-order valence-electron chi connectivity index (χ0n) is 8.48. The number of aryl methyl sites for hydroxylation is 1. The first-order valence-corrected chi connectivity index (χ1v) is 5.02. The molecule has 0 bridgehead atoms. The van der Waals surface area contributed by atoms with Crippen molar-refractivity contribution in [2.45, 2.75) is 38.5 Å². The van der Waals surface area contributed by atoms with E-state index in [1.54, 1.807) is 0 Å². The van der Waals surface area contributed by atoms with Crippen molar-refractivity contribution in [1.82, 2.24) is 0 Å². The van der Waals surface area contributed by atoms with Crippen LogP contribution in [0.3, 0.4) is 0 Å². The number of benzene rings is 1. The molecule has 0 spiro atoms. The molecule has 0 N–H and O–H groups in total. The minimum absolute atomic E-state index is 0.0218. The van der Waals surface area contributed by atoms with Crippen LogP contribution in [-0.4, -0.2) is 0 Å². The van der Waals surface area contributed by atoms with Crippen LogP contribution in [0, 0.1) is 0 Å². The van der Waals surface area contributed by atoms with E-state index in [1.165, 1.54) is 0 Å². The summed E-state index contributed by atoms with van der Waals surface area (Å²) in [5.74, 6) is -2.43. The van der Waals surface area contributed by atoms with Crippen LogP contribution >= 0.6 is 0 Å². The van der Waals surface area contributed by atoms with Crippen molar-refractivity contribution >= 4 is 0 Å². The van der Waals surface area contributed by atoms with E-state index in [0.717, 1.165) is 11.1 Å². The van der Waals surface area contributed by atoms with Gasteiger partial charge < -0.3 is 0 Å². The number of rotatable bonds is 1. The molecule has 0 aromatic heterocycles. The van der Waals surface area contributed by atoms with Gasteiger partial charge in [0.1, 0.15) is 0 Å². The van der Waals surface area contributed by atoms with E-state index >= 15 is 0 Å². The summed E-state index contributed by atoms with van der Waals surface area (Å²) in [7, 11) is 0. The summed E-state index contributed by atoms with van der Waals surface area (Å²) >= 11 is 0. The van der Waals surface area contributed by atoms with Crippen molar-refractivity contribution in [2.75, 3.05) is 0 Å². The van der Waals surface area contributed by atoms with Crippen LogP contribution < -0.4 is 0 Å². The third kappa shape index (κ3) is 1.33. The summed E-state index contributed by atoms with van der Waals surface area (Å²) in [6.45, 7) is 3.92. The Bertz CT molecular complexity index is 353. The van der Waals surface area contributed by atoms with E-state index < -0.39 is 5.92 Å². The maximum absolute atomic E-state index is 13.6. The summed E-state index contributed by atoms with van der Waals surface area (Å²) in [6, 6.07) is 5.53. The van der Waals surface area contributed by atoms with Gasteiger partial charge in [-0.1, -0.05) is 32.0 Å². The van der Waals surface area contributed by atoms with Crippen molar-refractivity contribution < 1.29 is 8.78 Å². The van der Waals surface area contributed by atoms with Gasteiger partial charge in [0.15, 0.2) is 0 Å². The minimum atomic E-state index is -2.60. The van der Waals surface area contributed by atoms with E-state index in [4.69, 9.17) is 0 Å². The van der Waals surface area contributed by atoms with Gasteiger partial charge in [0, 0.05) is 12.0 Å². The molecule has 0 unspecified atom stereocenters. The summed E-state index contributed by atoms with van der Waals surface area (Å²) < 4.78 is 27.1. The van der Waals surface area contributed by atoms with E-state index in [-0.39, 0.29) is 12.3 Å². The quantitative estimate of drug-likeness (QED) is 0.640. The molecule has 1 aromatic carbocycles. The predicted molar refractivity (Wildman–Crippen MR) is 52.7 cm³/mol. The van der Waals surface area contributed by atoms with Crippen LogP contribution in [0.15, 0.2) is 18.2 Å². The normalized spacial score (nSPS) is 18.6. The summed E-state index contributed by atoms with van der Waals surface area (Å²) in [6.07, 6.45) is 0.495. The first-order chi connectivity index (χ1) is 6.52.